The van der Waals surface area contributed by atoms with Gasteiger partial charge in [0.05, 0.1) is 11.3 Å². The Hall–Kier alpha value is -2.08. The van der Waals surface area contributed by atoms with Gasteiger partial charge in [-0.25, -0.2) is 4.98 Å². The van der Waals surface area contributed by atoms with Crippen molar-refractivity contribution in [3.8, 4) is 0 Å². The Morgan fingerprint density at radius 2 is 2.19 bits per heavy atom. The van der Waals surface area contributed by atoms with Gasteiger partial charge in [0, 0.05) is 30.4 Å². The number of anilines is 1. The van der Waals surface area contributed by atoms with Gasteiger partial charge in [-0.15, -0.1) is 0 Å². The quantitative estimate of drug-likeness (QED) is 0.686. The van der Waals surface area contributed by atoms with E-state index in [1.807, 2.05) is 6.07 Å². The average molecular weight is 288 g/mol. The van der Waals surface area contributed by atoms with Crippen molar-refractivity contribution in [1.82, 2.24) is 9.97 Å². The van der Waals surface area contributed by atoms with Crippen LogP contribution in [0.3, 0.4) is 0 Å². The summed E-state index contributed by atoms with van der Waals surface area (Å²) in [6, 6.07) is 2.20. The Balaban J connectivity index is 1.87. The maximum atomic E-state index is 11.6. The van der Waals surface area contributed by atoms with Crippen molar-refractivity contribution >= 4 is 22.6 Å². The monoisotopic (exact) mass is 288 g/mol. The van der Waals surface area contributed by atoms with Crippen LogP contribution in [0, 0.1) is 5.92 Å². The number of fused-ring (bicyclic) bond motifs is 1. The van der Waals surface area contributed by atoms with Gasteiger partial charge in [-0.1, -0.05) is 0 Å². The number of nitrogens with one attached hydrogen (secondary N) is 2. The second-order valence-corrected chi connectivity index (χ2v) is 5.70. The number of aromatic nitrogens is 2. The van der Waals surface area contributed by atoms with E-state index >= 15 is 0 Å². The van der Waals surface area contributed by atoms with Crippen LogP contribution in [0.15, 0.2) is 18.5 Å². The molecule has 5 N–H and O–H groups in total. The molecule has 6 heteroatoms. The predicted molar refractivity (Wildman–Crippen MR) is 81.1 cm³/mol. The minimum atomic E-state index is -0.475. The summed E-state index contributed by atoms with van der Waals surface area (Å²) < 4.78 is 0. The van der Waals surface area contributed by atoms with Crippen LogP contribution in [-0.4, -0.2) is 33.6 Å². The van der Waals surface area contributed by atoms with E-state index in [4.69, 9.17) is 5.73 Å². The van der Waals surface area contributed by atoms with Gasteiger partial charge in [-0.2, -0.15) is 0 Å². The molecule has 0 aliphatic heterocycles. The number of rotatable bonds is 4. The number of amides is 1. The molecule has 1 amide bonds. The molecule has 3 rings (SSSR count). The van der Waals surface area contributed by atoms with E-state index in [9.17, 15) is 9.90 Å². The third-order valence-electron chi connectivity index (χ3n) is 4.31. The van der Waals surface area contributed by atoms with Crippen molar-refractivity contribution in [2.24, 2.45) is 11.7 Å². The molecule has 0 bridgehead atoms. The Kier molecular flexibility index (Phi) is 3.79. The molecule has 2 aromatic rings. The van der Waals surface area contributed by atoms with Crippen LogP contribution >= 0.6 is 0 Å². The number of carbonyl (C=O) groups excluding carboxylic acids is 1. The first-order valence-corrected chi connectivity index (χ1v) is 7.32. The van der Waals surface area contributed by atoms with Crippen molar-refractivity contribution in [2.75, 3.05) is 11.9 Å². The highest BCUT2D eigenvalue weighted by molar-refractivity contribution is 6.05. The molecule has 21 heavy (non-hydrogen) atoms. The lowest BCUT2D eigenvalue weighted by molar-refractivity contribution is 0.100. The fraction of sp³-hybridized carbons (Fsp3) is 0.467. The molecule has 2 aromatic heterocycles. The molecule has 0 unspecified atom stereocenters. The third-order valence-corrected chi connectivity index (χ3v) is 4.31. The highest BCUT2D eigenvalue weighted by Gasteiger charge is 2.23. The number of hydrogen-bond acceptors (Lipinski definition) is 4. The van der Waals surface area contributed by atoms with Gasteiger partial charge >= 0.3 is 0 Å². The minimum Gasteiger partial charge on any atom is -0.396 e. The van der Waals surface area contributed by atoms with Gasteiger partial charge in [0.1, 0.15) is 5.65 Å². The van der Waals surface area contributed by atoms with Crippen LogP contribution in [0.2, 0.25) is 0 Å². The normalized spacial score (nSPS) is 22.3. The van der Waals surface area contributed by atoms with Crippen LogP contribution in [0.1, 0.15) is 36.0 Å². The van der Waals surface area contributed by atoms with E-state index < -0.39 is 5.91 Å². The lowest BCUT2D eigenvalue weighted by Gasteiger charge is -2.29. The summed E-state index contributed by atoms with van der Waals surface area (Å²) in [4.78, 5) is 18.9. The Labute approximate surface area is 122 Å². The Bertz CT molecular complexity index is 644. The topological polar surface area (TPSA) is 104 Å². The van der Waals surface area contributed by atoms with Crippen LogP contribution in [-0.2, 0) is 0 Å². The zero-order valence-electron chi connectivity index (χ0n) is 11.8. The molecule has 2 heterocycles. The average Bonchev–Trinajstić information content (AvgIpc) is 2.97. The Morgan fingerprint density at radius 3 is 2.86 bits per heavy atom. The number of pyridine rings is 1. The number of primary amides is 1. The first kappa shape index (κ1) is 13.9. The lowest BCUT2D eigenvalue weighted by atomic mass is 9.86. The maximum absolute atomic E-state index is 11.6. The van der Waals surface area contributed by atoms with E-state index in [1.54, 1.807) is 6.20 Å². The van der Waals surface area contributed by atoms with E-state index in [-0.39, 0.29) is 6.61 Å². The number of aromatic amines is 1. The van der Waals surface area contributed by atoms with E-state index in [0.29, 0.717) is 17.5 Å². The van der Waals surface area contributed by atoms with E-state index in [0.717, 1.165) is 42.4 Å². The standard InChI is InChI=1S/C15H20N4O2/c16-14(21)12-7-18-15-11(5-6-17-15)13(12)19-10-3-1-9(8-20)2-4-10/h5-7,9-10,20H,1-4,8H2,(H2,16,21)(H2,17,18,19)/t9-,10-. The number of nitrogens with two attached hydrogens (primary N) is 1. The zero-order chi connectivity index (χ0) is 14.8. The Morgan fingerprint density at radius 1 is 1.43 bits per heavy atom. The smallest absolute Gasteiger partial charge is 0.252 e. The van der Waals surface area contributed by atoms with Crippen molar-refractivity contribution in [1.29, 1.82) is 0 Å². The lowest BCUT2D eigenvalue weighted by Crippen LogP contribution is -2.28. The molecule has 1 aliphatic rings. The fourth-order valence-electron chi connectivity index (χ4n) is 3.04. The van der Waals surface area contributed by atoms with Crippen molar-refractivity contribution in [2.45, 2.75) is 31.7 Å². The van der Waals surface area contributed by atoms with Crippen molar-refractivity contribution < 1.29 is 9.90 Å². The van der Waals surface area contributed by atoms with Crippen LogP contribution < -0.4 is 11.1 Å². The number of hydrogen-bond donors (Lipinski definition) is 4. The molecule has 0 aromatic carbocycles. The first-order valence-electron chi connectivity index (χ1n) is 7.32. The summed E-state index contributed by atoms with van der Waals surface area (Å²) in [5.74, 6) is -0.0690. The first-order chi connectivity index (χ1) is 10.2. The largest absolute Gasteiger partial charge is 0.396 e. The van der Waals surface area contributed by atoms with Crippen molar-refractivity contribution in [3.63, 3.8) is 0 Å². The van der Waals surface area contributed by atoms with Crippen LogP contribution in [0.4, 0.5) is 5.69 Å². The van der Waals surface area contributed by atoms with Crippen LogP contribution in [0.25, 0.3) is 11.0 Å². The molecule has 0 atom stereocenters. The van der Waals surface area contributed by atoms with Gasteiger partial charge in [0.2, 0.25) is 0 Å². The van der Waals surface area contributed by atoms with Crippen LogP contribution in [0.5, 0.6) is 0 Å². The van der Waals surface area contributed by atoms with Gasteiger partial charge < -0.3 is 21.1 Å². The second-order valence-electron chi connectivity index (χ2n) is 5.70. The number of nitrogens with zero attached hydrogens (tertiary/aromatic N) is 1. The molecule has 1 aliphatic carbocycles. The molecule has 112 valence electrons. The number of carbonyl (C=O) groups is 1. The summed E-state index contributed by atoms with van der Waals surface area (Å²) in [5, 5.41) is 13.6. The van der Waals surface area contributed by atoms with E-state index in [2.05, 4.69) is 15.3 Å². The molecular weight excluding hydrogens is 268 g/mol. The number of aliphatic hydroxyl groups is 1. The third kappa shape index (κ3) is 2.71. The van der Waals surface area contributed by atoms with E-state index in [1.165, 1.54) is 6.20 Å². The summed E-state index contributed by atoms with van der Waals surface area (Å²) in [5.41, 5.74) is 7.39. The van der Waals surface area contributed by atoms with Crippen molar-refractivity contribution in [3.05, 3.63) is 24.0 Å². The zero-order valence-corrected chi connectivity index (χ0v) is 11.8. The maximum Gasteiger partial charge on any atom is 0.252 e. The summed E-state index contributed by atoms with van der Waals surface area (Å²) in [7, 11) is 0. The molecule has 0 spiro atoms. The number of aliphatic hydroxyl groups excluding tert-OH is 1. The summed E-state index contributed by atoms with van der Waals surface area (Å²) in [6.07, 6.45) is 7.29. The second kappa shape index (κ2) is 5.73. The molecule has 1 fully saturated rings. The molecular formula is C15H20N4O2. The number of H-pyrrole nitrogens is 1. The minimum absolute atomic E-state index is 0.260. The molecule has 0 saturated heterocycles. The molecule has 6 nitrogen and oxygen atoms in total. The summed E-state index contributed by atoms with van der Waals surface area (Å²) in [6.45, 7) is 0.260. The summed E-state index contributed by atoms with van der Waals surface area (Å²) >= 11 is 0. The molecule has 0 radical (unpaired) electrons. The van der Waals surface area contributed by atoms with Gasteiger partial charge in [-0.3, -0.25) is 4.79 Å². The van der Waals surface area contributed by atoms with Gasteiger partial charge in [-0.05, 0) is 37.7 Å². The van der Waals surface area contributed by atoms with Gasteiger partial charge in [0.25, 0.3) is 5.91 Å². The predicted octanol–water partition coefficient (Wildman–Crippen LogP) is 1.62. The highest BCUT2D eigenvalue weighted by atomic mass is 16.3. The SMILES string of the molecule is NC(=O)c1cnc2[nH]ccc2c1N[C@H]1CC[C@H](CO)CC1. The highest BCUT2D eigenvalue weighted by Crippen LogP contribution is 2.30. The van der Waals surface area contributed by atoms with Gasteiger partial charge in [0.15, 0.2) is 0 Å². The molecule has 1 saturated carbocycles. The fourth-order valence-corrected chi connectivity index (χ4v) is 3.04.